The predicted molar refractivity (Wildman–Crippen MR) is 202 cm³/mol. The monoisotopic (exact) mass is 694 g/mol. The summed E-state index contributed by atoms with van der Waals surface area (Å²) in [6, 6.07) is 46.5. The van der Waals surface area contributed by atoms with Gasteiger partial charge in [-0.1, -0.05) is 97.1 Å². The Bertz CT molecular complexity index is 2110. The largest absolute Gasteiger partial charge is 0.493 e. The number of fused-ring (bicyclic) bond motifs is 2. The molecule has 8 rings (SSSR count). The molecule has 0 unspecified atom stereocenters. The molecule has 8 heteroatoms. The lowest BCUT2D eigenvalue weighted by Crippen LogP contribution is -2.32. The van der Waals surface area contributed by atoms with Crippen LogP contribution in [-0.4, -0.2) is 25.8 Å². The highest BCUT2D eigenvalue weighted by atomic mass is 19.1. The normalized spacial score (nSPS) is 12.2. The zero-order valence-electron chi connectivity index (χ0n) is 28.7. The topological polar surface area (TPSA) is 69.3 Å². The maximum atomic E-state index is 13.4. The van der Waals surface area contributed by atoms with Crippen LogP contribution in [0, 0.1) is 0 Å². The molecule has 2 aliphatic heterocycles. The van der Waals surface area contributed by atoms with Crippen LogP contribution in [-0.2, 0) is 30.7 Å². The molecule has 0 saturated heterocycles. The van der Waals surface area contributed by atoms with E-state index < -0.39 is 12.6 Å². The van der Waals surface area contributed by atoms with Crippen molar-refractivity contribution in [2.75, 3.05) is 30.1 Å². The van der Waals surface area contributed by atoms with Crippen LogP contribution in [0.3, 0.4) is 0 Å². The second kappa shape index (κ2) is 16.6. The van der Waals surface area contributed by atoms with E-state index in [-0.39, 0.29) is 6.54 Å². The average Bonchev–Trinajstić information content (AvgIpc) is 3.89. The van der Waals surface area contributed by atoms with Gasteiger partial charge in [-0.3, -0.25) is 4.79 Å². The summed E-state index contributed by atoms with van der Waals surface area (Å²) in [5.41, 5.74) is 5.93. The summed E-state index contributed by atoms with van der Waals surface area (Å²) < 4.78 is 36.9. The Morgan fingerprint density at radius 1 is 0.615 bits per heavy atom. The Hall–Kier alpha value is -6.28. The number of hydrogen-bond donors (Lipinski definition) is 1. The minimum atomic E-state index is -1.09. The van der Waals surface area contributed by atoms with E-state index in [0.717, 1.165) is 59.3 Å². The molecule has 0 spiro atoms. The van der Waals surface area contributed by atoms with Gasteiger partial charge in [-0.15, -0.1) is 0 Å². The Kier molecular flexibility index (Phi) is 10.9. The van der Waals surface area contributed by atoms with E-state index in [0.29, 0.717) is 30.3 Å². The fourth-order valence-electron chi connectivity index (χ4n) is 6.27. The quantitative estimate of drug-likeness (QED) is 0.146. The minimum absolute atomic E-state index is 0.209. The van der Waals surface area contributed by atoms with Crippen LogP contribution in [0.4, 0.5) is 15.8 Å². The molecule has 2 heterocycles. The van der Waals surface area contributed by atoms with Crippen LogP contribution in [0.15, 0.2) is 146 Å². The van der Waals surface area contributed by atoms with E-state index >= 15 is 0 Å². The molecule has 0 bridgehead atoms. The number of nitrogens with one attached hydrogen (secondary N) is 1. The number of carbonyl (C=O) groups is 1. The third kappa shape index (κ3) is 8.19. The van der Waals surface area contributed by atoms with Crippen LogP contribution in [0.25, 0.3) is 0 Å². The van der Waals surface area contributed by atoms with E-state index in [1.165, 1.54) is 16.0 Å². The molecule has 6 aromatic carbocycles. The van der Waals surface area contributed by atoms with Crippen molar-refractivity contribution in [1.82, 2.24) is 0 Å². The average molecular weight is 695 g/mol. The van der Waals surface area contributed by atoms with Gasteiger partial charge in [0.1, 0.15) is 23.0 Å². The van der Waals surface area contributed by atoms with Crippen molar-refractivity contribution in [3.63, 3.8) is 0 Å². The first-order chi connectivity index (χ1) is 25.7. The Morgan fingerprint density at radius 3 is 1.81 bits per heavy atom. The van der Waals surface area contributed by atoms with Crippen LogP contribution in [0.5, 0.6) is 34.5 Å². The summed E-state index contributed by atoms with van der Waals surface area (Å²) in [6.45, 7) is 1.23. The number of halogens is 1. The number of alkyl halides is 1. The fraction of sp³-hybridized carbons (Fsp3) is 0.159. The van der Waals surface area contributed by atoms with Gasteiger partial charge in [0.25, 0.3) is 5.91 Å². The summed E-state index contributed by atoms with van der Waals surface area (Å²) in [5.74, 6) is 3.98. The van der Waals surface area contributed by atoms with E-state index in [1.54, 1.807) is 18.2 Å². The Balaban J connectivity index is 0.000000164. The third-order valence-corrected chi connectivity index (χ3v) is 8.79. The number of amides is 1. The van der Waals surface area contributed by atoms with E-state index in [2.05, 4.69) is 23.5 Å². The molecule has 0 saturated carbocycles. The molecule has 6 aromatic rings. The molecule has 0 aliphatic carbocycles. The highest BCUT2D eigenvalue weighted by molar-refractivity contribution is 5.95. The van der Waals surface area contributed by atoms with Crippen molar-refractivity contribution in [2.24, 2.45) is 0 Å². The van der Waals surface area contributed by atoms with E-state index in [9.17, 15) is 9.18 Å². The molecule has 1 amide bonds. The van der Waals surface area contributed by atoms with Gasteiger partial charge in [-0.2, -0.15) is 0 Å². The number of hydrogen-bond acceptors (Lipinski definition) is 6. The molecule has 262 valence electrons. The molecule has 52 heavy (non-hydrogen) atoms. The van der Waals surface area contributed by atoms with Gasteiger partial charge in [0.05, 0.1) is 31.1 Å². The highest BCUT2D eigenvalue weighted by Crippen LogP contribution is 2.37. The van der Waals surface area contributed by atoms with Gasteiger partial charge in [-0.05, 0) is 59.7 Å². The van der Waals surface area contributed by atoms with Crippen molar-refractivity contribution in [3.05, 3.63) is 168 Å². The van der Waals surface area contributed by atoms with Crippen molar-refractivity contribution in [1.29, 1.82) is 0 Å². The maximum absolute atomic E-state index is 13.4. The summed E-state index contributed by atoms with van der Waals surface area (Å²) in [6.07, 6.45) is 1.84. The maximum Gasteiger partial charge on any atom is 0.258 e. The highest BCUT2D eigenvalue weighted by Gasteiger charge is 2.24. The van der Waals surface area contributed by atoms with Crippen molar-refractivity contribution >= 4 is 17.3 Å². The number of anilines is 2. The lowest BCUT2D eigenvalue weighted by molar-refractivity contribution is -0.119. The van der Waals surface area contributed by atoms with Crippen LogP contribution in [0.2, 0.25) is 0 Å². The van der Waals surface area contributed by atoms with Gasteiger partial charge < -0.3 is 29.2 Å². The zero-order chi connectivity index (χ0) is 35.5. The van der Waals surface area contributed by atoms with Crippen molar-refractivity contribution in [2.45, 2.75) is 25.9 Å². The van der Waals surface area contributed by atoms with E-state index in [4.69, 9.17) is 18.9 Å². The second-order valence-electron chi connectivity index (χ2n) is 12.3. The molecule has 1 N–H and O–H groups in total. The number of benzene rings is 6. The first-order valence-corrected chi connectivity index (χ1v) is 17.4. The molecule has 2 aliphatic rings. The number of nitrogens with zero attached hydrogens (tertiary/aromatic N) is 1. The fourth-order valence-corrected chi connectivity index (χ4v) is 6.27. The van der Waals surface area contributed by atoms with Crippen LogP contribution < -0.4 is 29.2 Å². The van der Waals surface area contributed by atoms with Crippen molar-refractivity contribution in [3.8, 4) is 34.5 Å². The van der Waals surface area contributed by atoms with E-state index in [1.807, 2.05) is 109 Å². The van der Waals surface area contributed by atoms with Crippen LogP contribution >= 0.6 is 0 Å². The standard InChI is InChI=1S/C23H20FNO3.C21H19NO2/c24-15-22(26)25(16-18-8-6-7-17-13-14-27-23(17)18)20-11-4-5-12-21(20)28-19-9-2-1-3-10-19;1-2-9-18(10-3-1)24-20-12-5-4-11-19(20)22-15-17-8-6-7-16-13-14-23-21(16)17/h1-12H,13-16H2;1-12,22H,13-15H2. The lowest BCUT2D eigenvalue weighted by Gasteiger charge is -2.25. The molecular formula is C44H39FN2O5. The smallest absolute Gasteiger partial charge is 0.258 e. The molecule has 0 aromatic heterocycles. The molecule has 0 fully saturated rings. The van der Waals surface area contributed by atoms with Gasteiger partial charge in [-0.25, -0.2) is 4.39 Å². The molecule has 0 atom stereocenters. The molecule has 7 nitrogen and oxygen atoms in total. The van der Waals surface area contributed by atoms with Gasteiger partial charge in [0, 0.05) is 30.5 Å². The lowest BCUT2D eigenvalue weighted by atomic mass is 10.1. The zero-order valence-corrected chi connectivity index (χ0v) is 28.7. The Labute approximate surface area is 303 Å². The molecular weight excluding hydrogens is 655 g/mol. The second-order valence-corrected chi connectivity index (χ2v) is 12.3. The summed E-state index contributed by atoms with van der Waals surface area (Å²) in [7, 11) is 0. The SMILES string of the molecule is O=C(CF)N(Cc1cccc2c1OCC2)c1ccccc1Oc1ccccc1.c1ccc(Oc2ccccc2NCc2cccc3c2OCC3)cc1. The van der Waals surface area contributed by atoms with Gasteiger partial charge >= 0.3 is 0 Å². The molecule has 0 radical (unpaired) electrons. The number of ether oxygens (including phenoxy) is 4. The van der Waals surface area contributed by atoms with Crippen molar-refractivity contribution < 1.29 is 28.1 Å². The number of para-hydroxylation sites is 8. The predicted octanol–water partition coefficient (Wildman–Crippen LogP) is 9.94. The Morgan fingerprint density at radius 2 is 1.15 bits per heavy atom. The van der Waals surface area contributed by atoms with Crippen LogP contribution in [0.1, 0.15) is 22.3 Å². The van der Waals surface area contributed by atoms with Gasteiger partial charge in [0.2, 0.25) is 0 Å². The van der Waals surface area contributed by atoms with Gasteiger partial charge in [0.15, 0.2) is 18.2 Å². The summed E-state index contributed by atoms with van der Waals surface area (Å²) in [4.78, 5) is 13.9. The number of rotatable bonds is 11. The third-order valence-electron chi connectivity index (χ3n) is 8.79. The minimum Gasteiger partial charge on any atom is -0.493 e. The summed E-state index contributed by atoms with van der Waals surface area (Å²) >= 11 is 0. The number of carbonyl (C=O) groups excluding carboxylic acids is 1. The first-order valence-electron chi connectivity index (χ1n) is 17.4. The summed E-state index contributed by atoms with van der Waals surface area (Å²) in [5, 5.41) is 3.47. The first kappa shape index (κ1) is 34.2.